The molecule has 0 atom stereocenters. The molecule has 0 aliphatic heterocycles. The van der Waals surface area contributed by atoms with Gasteiger partial charge >= 0.3 is 0 Å². The third-order valence-corrected chi connectivity index (χ3v) is 2.26. The zero-order valence-electron chi connectivity index (χ0n) is 10.6. The summed E-state index contributed by atoms with van der Waals surface area (Å²) in [5.41, 5.74) is 0. The maximum Gasteiger partial charge on any atom is 0.216 e. The van der Waals surface area contributed by atoms with Crippen LogP contribution >= 0.6 is 0 Å². The van der Waals surface area contributed by atoms with E-state index in [0.29, 0.717) is 5.92 Å². The lowest BCUT2D eigenvalue weighted by atomic mass is 10.1. The van der Waals surface area contributed by atoms with Gasteiger partial charge in [0.2, 0.25) is 11.8 Å². The molecule has 0 saturated carbocycles. The van der Waals surface area contributed by atoms with Crippen LogP contribution in [0.1, 0.15) is 45.4 Å². The molecule has 1 N–H and O–H groups in total. The van der Waals surface area contributed by atoms with Gasteiger partial charge in [-0.05, 0) is 31.8 Å². The van der Waals surface area contributed by atoms with Crippen molar-refractivity contribution in [2.24, 2.45) is 5.92 Å². The van der Waals surface area contributed by atoms with Crippen LogP contribution in [0.5, 0.6) is 0 Å². The summed E-state index contributed by atoms with van der Waals surface area (Å²) in [7, 11) is 0. The van der Waals surface area contributed by atoms with Crippen molar-refractivity contribution < 1.29 is 4.42 Å². The number of hydrogen-bond acceptors (Lipinski definition) is 4. The summed E-state index contributed by atoms with van der Waals surface area (Å²) in [4.78, 5) is 0. The molecule has 4 nitrogen and oxygen atoms in total. The zero-order chi connectivity index (χ0) is 11.8. The predicted molar refractivity (Wildman–Crippen MR) is 64.3 cm³/mol. The molecule has 16 heavy (non-hydrogen) atoms. The van der Waals surface area contributed by atoms with E-state index >= 15 is 0 Å². The lowest BCUT2D eigenvalue weighted by molar-refractivity contribution is 0.420. The van der Waals surface area contributed by atoms with Crippen molar-refractivity contribution in [2.75, 3.05) is 13.1 Å². The maximum atomic E-state index is 5.55. The van der Waals surface area contributed by atoms with Crippen molar-refractivity contribution in [3.05, 3.63) is 11.8 Å². The van der Waals surface area contributed by atoms with E-state index in [0.717, 1.165) is 44.1 Å². The number of aryl methyl sites for hydroxylation is 1. The van der Waals surface area contributed by atoms with E-state index in [4.69, 9.17) is 4.42 Å². The van der Waals surface area contributed by atoms with Gasteiger partial charge in [-0.15, -0.1) is 10.2 Å². The predicted octanol–water partition coefficient (Wildman–Crippen LogP) is 2.20. The van der Waals surface area contributed by atoms with Crippen LogP contribution < -0.4 is 5.32 Å². The zero-order valence-corrected chi connectivity index (χ0v) is 10.6. The van der Waals surface area contributed by atoms with Crippen molar-refractivity contribution in [3.8, 4) is 0 Å². The normalized spacial score (nSPS) is 11.2. The lowest BCUT2D eigenvalue weighted by Gasteiger charge is -2.00. The topological polar surface area (TPSA) is 51.0 Å². The van der Waals surface area contributed by atoms with Gasteiger partial charge in [0.05, 0.1) is 0 Å². The molecule has 0 aliphatic carbocycles. The molecule has 0 spiro atoms. The first-order chi connectivity index (χ1) is 7.72. The SMILES string of the molecule is CCCNCCCc1nnc(CC(C)C)o1. The maximum absolute atomic E-state index is 5.55. The van der Waals surface area contributed by atoms with Crippen molar-refractivity contribution in [3.63, 3.8) is 0 Å². The molecular weight excluding hydrogens is 202 g/mol. The molecule has 0 aromatic carbocycles. The van der Waals surface area contributed by atoms with E-state index in [9.17, 15) is 0 Å². The Morgan fingerprint density at radius 3 is 2.62 bits per heavy atom. The van der Waals surface area contributed by atoms with Crippen molar-refractivity contribution >= 4 is 0 Å². The third-order valence-electron chi connectivity index (χ3n) is 2.26. The largest absolute Gasteiger partial charge is 0.425 e. The van der Waals surface area contributed by atoms with Crippen LogP contribution in [0.4, 0.5) is 0 Å². The Morgan fingerprint density at radius 2 is 1.94 bits per heavy atom. The summed E-state index contributed by atoms with van der Waals surface area (Å²) in [5, 5.41) is 11.4. The van der Waals surface area contributed by atoms with E-state index < -0.39 is 0 Å². The summed E-state index contributed by atoms with van der Waals surface area (Å²) in [5.74, 6) is 2.11. The van der Waals surface area contributed by atoms with Crippen molar-refractivity contribution in [1.82, 2.24) is 15.5 Å². The number of nitrogens with one attached hydrogen (secondary N) is 1. The Balaban J connectivity index is 2.19. The Bertz CT molecular complexity index is 284. The van der Waals surface area contributed by atoms with Gasteiger partial charge in [-0.2, -0.15) is 0 Å². The fraction of sp³-hybridized carbons (Fsp3) is 0.833. The Hall–Kier alpha value is -0.900. The second-order valence-corrected chi connectivity index (χ2v) is 4.54. The van der Waals surface area contributed by atoms with E-state index in [1.54, 1.807) is 0 Å². The second kappa shape index (κ2) is 7.39. The molecule has 1 heterocycles. The van der Waals surface area contributed by atoms with Crippen molar-refractivity contribution in [1.29, 1.82) is 0 Å². The molecular formula is C12H23N3O. The number of aromatic nitrogens is 2. The quantitative estimate of drug-likeness (QED) is 0.689. The minimum absolute atomic E-state index is 0.569. The molecule has 0 saturated heterocycles. The van der Waals surface area contributed by atoms with Crippen LogP contribution in [0.2, 0.25) is 0 Å². The molecule has 1 rings (SSSR count). The van der Waals surface area contributed by atoms with Gasteiger partial charge in [0.25, 0.3) is 0 Å². The summed E-state index contributed by atoms with van der Waals surface area (Å²) in [6.07, 6.45) is 3.99. The van der Waals surface area contributed by atoms with E-state index in [-0.39, 0.29) is 0 Å². The molecule has 4 heteroatoms. The van der Waals surface area contributed by atoms with Crippen LogP contribution in [0, 0.1) is 5.92 Å². The first kappa shape index (κ1) is 13.2. The Morgan fingerprint density at radius 1 is 1.19 bits per heavy atom. The van der Waals surface area contributed by atoms with E-state index in [2.05, 4.69) is 36.3 Å². The molecule has 1 aromatic heterocycles. The van der Waals surface area contributed by atoms with Crippen LogP contribution in [-0.2, 0) is 12.8 Å². The average molecular weight is 225 g/mol. The molecule has 0 fully saturated rings. The van der Waals surface area contributed by atoms with Gasteiger partial charge < -0.3 is 9.73 Å². The van der Waals surface area contributed by atoms with Gasteiger partial charge in [0.1, 0.15) is 0 Å². The minimum Gasteiger partial charge on any atom is -0.425 e. The van der Waals surface area contributed by atoms with Crippen LogP contribution in [0.25, 0.3) is 0 Å². The van der Waals surface area contributed by atoms with Crippen LogP contribution in [-0.4, -0.2) is 23.3 Å². The van der Waals surface area contributed by atoms with Gasteiger partial charge in [-0.1, -0.05) is 20.8 Å². The molecule has 92 valence electrons. The molecule has 1 aromatic rings. The fourth-order valence-electron chi connectivity index (χ4n) is 1.49. The van der Waals surface area contributed by atoms with Gasteiger partial charge in [0, 0.05) is 12.8 Å². The van der Waals surface area contributed by atoms with Gasteiger partial charge in [0.15, 0.2) is 0 Å². The first-order valence-electron chi connectivity index (χ1n) is 6.24. The smallest absolute Gasteiger partial charge is 0.216 e. The van der Waals surface area contributed by atoms with Crippen LogP contribution in [0.15, 0.2) is 4.42 Å². The second-order valence-electron chi connectivity index (χ2n) is 4.54. The van der Waals surface area contributed by atoms with Crippen molar-refractivity contribution in [2.45, 2.75) is 46.5 Å². The highest BCUT2D eigenvalue weighted by Crippen LogP contribution is 2.07. The summed E-state index contributed by atoms with van der Waals surface area (Å²) < 4.78 is 5.55. The highest BCUT2D eigenvalue weighted by atomic mass is 16.4. The number of nitrogens with zero attached hydrogens (tertiary/aromatic N) is 2. The molecule has 0 unspecified atom stereocenters. The minimum atomic E-state index is 0.569. The highest BCUT2D eigenvalue weighted by Gasteiger charge is 2.07. The lowest BCUT2D eigenvalue weighted by Crippen LogP contribution is -2.16. The summed E-state index contributed by atoms with van der Waals surface area (Å²) >= 11 is 0. The standard InChI is InChI=1S/C12H23N3O/c1-4-7-13-8-5-6-11-14-15-12(16-11)9-10(2)3/h10,13H,4-9H2,1-3H3. The summed E-state index contributed by atoms with van der Waals surface area (Å²) in [6.45, 7) is 8.58. The number of hydrogen-bond donors (Lipinski definition) is 1. The van der Waals surface area contributed by atoms with Crippen LogP contribution in [0.3, 0.4) is 0 Å². The first-order valence-corrected chi connectivity index (χ1v) is 6.24. The van der Waals surface area contributed by atoms with E-state index in [1.807, 2.05) is 0 Å². The molecule has 0 bridgehead atoms. The summed E-state index contributed by atoms with van der Waals surface area (Å²) in [6, 6.07) is 0. The Kier molecular flexibility index (Phi) is 6.08. The molecule has 0 aliphatic rings. The average Bonchev–Trinajstić information content (AvgIpc) is 2.64. The van der Waals surface area contributed by atoms with Gasteiger partial charge in [-0.3, -0.25) is 0 Å². The highest BCUT2D eigenvalue weighted by molar-refractivity contribution is 4.83. The monoisotopic (exact) mass is 225 g/mol. The molecule has 0 amide bonds. The third kappa shape index (κ3) is 5.26. The fourth-order valence-corrected chi connectivity index (χ4v) is 1.49. The molecule has 0 radical (unpaired) electrons. The Labute approximate surface area is 97.8 Å². The van der Waals surface area contributed by atoms with Gasteiger partial charge in [-0.25, -0.2) is 0 Å². The van der Waals surface area contributed by atoms with E-state index in [1.165, 1.54) is 6.42 Å². The number of rotatable bonds is 8.